The van der Waals surface area contributed by atoms with Gasteiger partial charge in [-0.2, -0.15) is 0 Å². The fraction of sp³-hybridized carbons (Fsp3) is 0.250. The molecular formula is C20H20FN3. The minimum atomic E-state index is -0.138. The quantitative estimate of drug-likeness (QED) is 0.764. The maximum atomic E-state index is 14.6. The lowest BCUT2D eigenvalue weighted by molar-refractivity contribution is 0.237. The highest BCUT2D eigenvalue weighted by molar-refractivity contribution is 5.63. The molecule has 1 fully saturated rings. The van der Waals surface area contributed by atoms with Gasteiger partial charge in [0.15, 0.2) is 0 Å². The fourth-order valence-electron chi connectivity index (χ4n) is 3.49. The van der Waals surface area contributed by atoms with Gasteiger partial charge in [-0.05, 0) is 36.6 Å². The van der Waals surface area contributed by atoms with E-state index in [1.54, 1.807) is 12.3 Å². The summed E-state index contributed by atoms with van der Waals surface area (Å²) in [7, 11) is 0. The van der Waals surface area contributed by atoms with E-state index in [2.05, 4.69) is 14.9 Å². The SMILES string of the molecule is Fc1cc(-c2ccccc2)ccc1CN1CCCC1c1ncc[nH]1. The Balaban J connectivity index is 1.55. The lowest BCUT2D eigenvalue weighted by Gasteiger charge is -2.23. The number of likely N-dealkylation sites (tertiary alicyclic amines) is 1. The van der Waals surface area contributed by atoms with E-state index in [1.165, 1.54) is 0 Å². The molecule has 3 aromatic rings. The monoisotopic (exact) mass is 321 g/mol. The van der Waals surface area contributed by atoms with Crippen molar-refractivity contribution in [3.05, 3.63) is 78.1 Å². The summed E-state index contributed by atoms with van der Waals surface area (Å²) in [5.74, 6) is 0.843. The summed E-state index contributed by atoms with van der Waals surface area (Å²) in [6.07, 6.45) is 5.81. The minimum Gasteiger partial charge on any atom is -0.347 e. The lowest BCUT2D eigenvalue weighted by atomic mass is 10.0. The number of rotatable bonds is 4. The first-order valence-corrected chi connectivity index (χ1v) is 8.38. The molecule has 3 nitrogen and oxygen atoms in total. The third-order valence-electron chi connectivity index (χ3n) is 4.73. The largest absolute Gasteiger partial charge is 0.347 e. The van der Waals surface area contributed by atoms with Gasteiger partial charge < -0.3 is 4.98 Å². The molecule has 0 radical (unpaired) electrons. The van der Waals surface area contributed by atoms with Crippen LogP contribution in [0.15, 0.2) is 60.9 Å². The highest BCUT2D eigenvalue weighted by Crippen LogP contribution is 2.32. The van der Waals surface area contributed by atoms with E-state index in [4.69, 9.17) is 0 Å². The number of nitrogens with zero attached hydrogens (tertiary/aromatic N) is 2. The molecule has 0 amide bonds. The van der Waals surface area contributed by atoms with Crippen LogP contribution in [0, 0.1) is 5.82 Å². The van der Waals surface area contributed by atoms with E-state index in [9.17, 15) is 4.39 Å². The van der Waals surface area contributed by atoms with Crippen LogP contribution >= 0.6 is 0 Å². The third-order valence-corrected chi connectivity index (χ3v) is 4.73. The predicted molar refractivity (Wildman–Crippen MR) is 92.8 cm³/mol. The highest BCUT2D eigenvalue weighted by Gasteiger charge is 2.28. The van der Waals surface area contributed by atoms with Gasteiger partial charge in [-0.25, -0.2) is 9.37 Å². The smallest absolute Gasteiger partial charge is 0.128 e. The number of halogens is 1. The second-order valence-corrected chi connectivity index (χ2v) is 6.28. The molecule has 1 aliphatic heterocycles. The standard InChI is InChI=1S/C20H20FN3/c21-18-13-16(15-5-2-1-3-6-15)8-9-17(18)14-24-12-4-7-19(24)20-22-10-11-23-20/h1-3,5-6,8-11,13,19H,4,7,12,14H2,(H,22,23). The molecule has 1 N–H and O–H groups in total. The van der Waals surface area contributed by atoms with Crippen LogP contribution in [-0.2, 0) is 6.54 Å². The number of aromatic nitrogens is 2. The van der Waals surface area contributed by atoms with Gasteiger partial charge in [0, 0.05) is 24.5 Å². The minimum absolute atomic E-state index is 0.138. The molecule has 1 atom stereocenters. The van der Waals surface area contributed by atoms with Gasteiger partial charge in [-0.1, -0.05) is 42.5 Å². The van der Waals surface area contributed by atoms with Gasteiger partial charge in [0.1, 0.15) is 11.6 Å². The van der Waals surface area contributed by atoms with Crippen molar-refractivity contribution in [2.24, 2.45) is 0 Å². The van der Waals surface area contributed by atoms with Crippen LogP contribution in [0.5, 0.6) is 0 Å². The number of hydrogen-bond acceptors (Lipinski definition) is 2. The van der Waals surface area contributed by atoms with E-state index in [0.717, 1.165) is 41.9 Å². The zero-order chi connectivity index (χ0) is 16.4. The number of aromatic amines is 1. The maximum Gasteiger partial charge on any atom is 0.128 e. The summed E-state index contributed by atoms with van der Waals surface area (Å²) >= 11 is 0. The summed E-state index contributed by atoms with van der Waals surface area (Å²) in [5, 5.41) is 0. The molecule has 2 aromatic carbocycles. The normalized spacial score (nSPS) is 18.1. The van der Waals surface area contributed by atoms with E-state index in [-0.39, 0.29) is 11.9 Å². The average molecular weight is 321 g/mol. The molecule has 1 aromatic heterocycles. The summed E-state index contributed by atoms with van der Waals surface area (Å²) < 4.78 is 14.6. The molecular weight excluding hydrogens is 301 g/mol. The summed E-state index contributed by atoms with van der Waals surface area (Å²) in [6, 6.07) is 15.7. The van der Waals surface area contributed by atoms with E-state index >= 15 is 0 Å². The van der Waals surface area contributed by atoms with E-state index in [1.807, 2.05) is 48.7 Å². The Bertz CT molecular complexity index is 799. The van der Waals surface area contributed by atoms with E-state index < -0.39 is 0 Å². The van der Waals surface area contributed by atoms with Crippen molar-refractivity contribution < 1.29 is 4.39 Å². The second-order valence-electron chi connectivity index (χ2n) is 6.28. The number of benzene rings is 2. The number of imidazole rings is 1. The van der Waals surface area contributed by atoms with Crippen LogP contribution in [0.2, 0.25) is 0 Å². The highest BCUT2D eigenvalue weighted by atomic mass is 19.1. The molecule has 1 aliphatic rings. The zero-order valence-corrected chi connectivity index (χ0v) is 13.5. The molecule has 1 unspecified atom stereocenters. The molecule has 1 saturated heterocycles. The molecule has 4 heteroatoms. The Morgan fingerprint density at radius 1 is 1.12 bits per heavy atom. The zero-order valence-electron chi connectivity index (χ0n) is 13.5. The van der Waals surface area contributed by atoms with Crippen molar-refractivity contribution >= 4 is 0 Å². The van der Waals surface area contributed by atoms with Crippen LogP contribution < -0.4 is 0 Å². The molecule has 2 heterocycles. The molecule has 4 rings (SSSR count). The first-order chi connectivity index (χ1) is 11.8. The Kier molecular flexibility index (Phi) is 4.13. The number of H-pyrrole nitrogens is 1. The number of hydrogen-bond donors (Lipinski definition) is 1. The van der Waals surface area contributed by atoms with Crippen LogP contribution in [-0.4, -0.2) is 21.4 Å². The van der Waals surface area contributed by atoms with Crippen LogP contribution in [0.4, 0.5) is 4.39 Å². The van der Waals surface area contributed by atoms with Crippen molar-refractivity contribution in [3.8, 4) is 11.1 Å². The first kappa shape index (κ1) is 15.1. The first-order valence-electron chi connectivity index (χ1n) is 8.38. The van der Waals surface area contributed by atoms with Crippen LogP contribution in [0.1, 0.15) is 30.3 Å². The predicted octanol–water partition coefficient (Wildman–Crippen LogP) is 4.55. The van der Waals surface area contributed by atoms with Gasteiger partial charge in [0.25, 0.3) is 0 Å². The molecule has 122 valence electrons. The van der Waals surface area contributed by atoms with E-state index in [0.29, 0.717) is 6.54 Å². The molecule has 0 spiro atoms. The van der Waals surface area contributed by atoms with Crippen molar-refractivity contribution in [1.29, 1.82) is 0 Å². The Hall–Kier alpha value is -2.46. The van der Waals surface area contributed by atoms with Crippen LogP contribution in [0.25, 0.3) is 11.1 Å². The molecule has 0 bridgehead atoms. The Labute approximate surface area is 141 Å². The second kappa shape index (κ2) is 6.57. The summed E-state index contributed by atoms with van der Waals surface area (Å²) in [6.45, 7) is 1.59. The summed E-state index contributed by atoms with van der Waals surface area (Å²) in [5.41, 5.74) is 2.70. The fourth-order valence-corrected chi connectivity index (χ4v) is 3.49. The average Bonchev–Trinajstić information content (AvgIpc) is 3.28. The van der Waals surface area contributed by atoms with Crippen molar-refractivity contribution in [3.63, 3.8) is 0 Å². The third kappa shape index (κ3) is 2.97. The van der Waals surface area contributed by atoms with Crippen molar-refractivity contribution in [2.75, 3.05) is 6.54 Å². The number of nitrogens with one attached hydrogen (secondary N) is 1. The van der Waals surface area contributed by atoms with Gasteiger partial charge in [0.05, 0.1) is 6.04 Å². The molecule has 0 aliphatic carbocycles. The Morgan fingerprint density at radius 3 is 2.75 bits per heavy atom. The maximum absolute atomic E-state index is 14.6. The molecule has 24 heavy (non-hydrogen) atoms. The van der Waals surface area contributed by atoms with Gasteiger partial charge in [-0.15, -0.1) is 0 Å². The van der Waals surface area contributed by atoms with Crippen molar-refractivity contribution in [1.82, 2.24) is 14.9 Å². The Morgan fingerprint density at radius 2 is 2.00 bits per heavy atom. The summed E-state index contributed by atoms with van der Waals surface area (Å²) in [4.78, 5) is 9.87. The van der Waals surface area contributed by atoms with Crippen molar-refractivity contribution in [2.45, 2.75) is 25.4 Å². The van der Waals surface area contributed by atoms with Gasteiger partial charge in [-0.3, -0.25) is 4.90 Å². The van der Waals surface area contributed by atoms with Crippen LogP contribution in [0.3, 0.4) is 0 Å². The lowest BCUT2D eigenvalue weighted by Crippen LogP contribution is -2.24. The van der Waals surface area contributed by atoms with Gasteiger partial charge >= 0.3 is 0 Å². The molecule has 0 saturated carbocycles. The topological polar surface area (TPSA) is 31.9 Å². The van der Waals surface area contributed by atoms with Gasteiger partial charge in [0.2, 0.25) is 0 Å².